The Bertz CT molecular complexity index is 441. The summed E-state index contributed by atoms with van der Waals surface area (Å²) in [5, 5.41) is 20.3. The van der Waals surface area contributed by atoms with Gasteiger partial charge in [0.25, 0.3) is 0 Å². The smallest absolute Gasteiger partial charge is 0.390 e. The van der Waals surface area contributed by atoms with E-state index in [-0.39, 0.29) is 16.5 Å². The normalized spacial score (nSPS) is 11.2. The van der Waals surface area contributed by atoms with Crippen molar-refractivity contribution in [2.75, 3.05) is 0 Å². The van der Waals surface area contributed by atoms with E-state index >= 15 is 0 Å². The molecular formula is C12H13O4. The Morgan fingerprint density at radius 3 is 2.25 bits per heavy atom. The van der Waals surface area contributed by atoms with E-state index in [1.54, 1.807) is 0 Å². The van der Waals surface area contributed by atoms with Crippen LogP contribution in [0.3, 0.4) is 0 Å². The summed E-state index contributed by atoms with van der Waals surface area (Å²) in [6.07, 6.45) is 0.428. The summed E-state index contributed by atoms with van der Waals surface area (Å²) in [5.41, 5.74) is -0.0388. The maximum Gasteiger partial charge on any atom is 0.390 e. The minimum absolute atomic E-state index is 0.0355. The topological polar surface area (TPSA) is 74.3 Å². The van der Waals surface area contributed by atoms with Crippen LogP contribution in [0, 0.1) is 0 Å². The zero-order valence-electron chi connectivity index (χ0n) is 9.40. The maximum absolute atomic E-state index is 10.8. The highest BCUT2D eigenvalue weighted by Gasteiger charge is 2.22. The van der Waals surface area contributed by atoms with Crippen molar-refractivity contribution in [3.05, 3.63) is 28.8 Å². The molecule has 0 atom stereocenters. The molecule has 0 aliphatic heterocycles. The summed E-state index contributed by atoms with van der Waals surface area (Å²) >= 11 is 0. The molecule has 4 heteroatoms. The fraction of sp³-hybridized carbons (Fsp3) is 0.333. The molecular weight excluding hydrogens is 208 g/mol. The molecule has 0 aliphatic rings. The van der Waals surface area contributed by atoms with E-state index in [0.717, 1.165) is 0 Å². The molecule has 0 fully saturated rings. The predicted molar refractivity (Wildman–Crippen MR) is 57.2 cm³/mol. The molecule has 16 heavy (non-hydrogen) atoms. The Morgan fingerprint density at radius 2 is 1.88 bits per heavy atom. The molecule has 0 heterocycles. The number of aldehydes is 1. The van der Waals surface area contributed by atoms with E-state index in [0.29, 0.717) is 11.8 Å². The molecule has 1 radical (unpaired) electrons. The van der Waals surface area contributed by atoms with Crippen LogP contribution in [0.4, 0.5) is 0 Å². The van der Waals surface area contributed by atoms with Crippen LogP contribution in [0.15, 0.2) is 12.1 Å². The number of hydrogen-bond acceptors (Lipinski definition) is 3. The summed E-state index contributed by atoms with van der Waals surface area (Å²) < 4.78 is 0. The second-order valence-corrected chi connectivity index (χ2v) is 4.62. The first-order chi connectivity index (χ1) is 7.27. The van der Waals surface area contributed by atoms with Gasteiger partial charge in [0.05, 0.1) is 5.56 Å². The van der Waals surface area contributed by atoms with Gasteiger partial charge in [-0.3, -0.25) is 4.79 Å². The molecule has 0 amide bonds. The minimum atomic E-state index is -1.49. The molecule has 0 spiro atoms. The van der Waals surface area contributed by atoms with Gasteiger partial charge in [0, 0.05) is 0 Å². The second kappa shape index (κ2) is 3.96. The summed E-state index contributed by atoms with van der Waals surface area (Å²) in [4.78, 5) is 21.5. The number of phenolic OH excluding ortho intramolecular Hbond substituents is 1. The van der Waals surface area contributed by atoms with Gasteiger partial charge in [0.2, 0.25) is 0 Å². The number of rotatable bonds is 2. The molecule has 4 nitrogen and oxygen atoms in total. The molecule has 1 N–H and O–H groups in total. The minimum Gasteiger partial charge on any atom is -0.506 e. The Morgan fingerprint density at radius 1 is 1.31 bits per heavy atom. The number of benzene rings is 1. The van der Waals surface area contributed by atoms with Gasteiger partial charge in [-0.15, -0.1) is 0 Å². The van der Waals surface area contributed by atoms with Crippen LogP contribution in [0.5, 0.6) is 5.75 Å². The molecule has 1 aromatic carbocycles. The van der Waals surface area contributed by atoms with E-state index < -0.39 is 11.7 Å². The number of aromatic hydroxyl groups is 1. The molecule has 1 rings (SSSR count). The second-order valence-electron chi connectivity index (χ2n) is 4.62. The van der Waals surface area contributed by atoms with Gasteiger partial charge in [0.15, 0.2) is 6.29 Å². The van der Waals surface area contributed by atoms with Crippen LogP contribution in [0.1, 0.15) is 47.1 Å². The van der Waals surface area contributed by atoms with Gasteiger partial charge < -0.3 is 5.11 Å². The Balaban J connectivity index is 3.52. The zero-order chi connectivity index (χ0) is 12.5. The maximum atomic E-state index is 10.8. The van der Waals surface area contributed by atoms with Crippen molar-refractivity contribution in [2.45, 2.75) is 26.2 Å². The highest BCUT2D eigenvalue weighted by atomic mass is 16.4. The standard InChI is InChI=1S/C12H13O4/c1-12(2,3)8-4-7(6-13)10(14)9(5-8)11(15)16/h4-6,14H,1-3H3. The lowest BCUT2D eigenvalue weighted by Gasteiger charge is -2.20. The Labute approximate surface area is 93.5 Å². The lowest BCUT2D eigenvalue weighted by molar-refractivity contribution is 0.0569. The SMILES string of the molecule is CC(C)(C)c1cc(C=O)c(O)c(C([O])=O)c1. The molecule has 0 saturated heterocycles. The quantitative estimate of drug-likeness (QED) is 0.777. The zero-order valence-corrected chi connectivity index (χ0v) is 9.40. The monoisotopic (exact) mass is 221 g/mol. The van der Waals surface area contributed by atoms with Crippen LogP contribution >= 0.6 is 0 Å². The van der Waals surface area contributed by atoms with Crippen molar-refractivity contribution in [3.63, 3.8) is 0 Å². The molecule has 0 bridgehead atoms. The number of carbonyl (C=O) groups excluding carboxylic acids is 2. The van der Waals surface area contributed by atoms with Crippen LogP contribution in [0.25, 0.3) is 0 Å². The summed E-state index contributed by atoms with van der Waals surface area (Å²) in [5.74, 6) is -2.03. The summed E-state index contributed by atoms with van der Waals surface area (Å²) in [7, 11) is 0. The summed E-state index contributed by atoms with van der Waals surface area (Å²) in [6.45, 7) is 5.65. The molecule has 0 aliphatic carbocycles. The third-order valence-corrected chi connectivity index (χ3v) is 2.35. The molecule has 1 aromatic rings. The lowest BCUT2D eigenvalue weighted by atomic mass is 9.85. The Kier molecular flexibility index (Phi) is 3.03. The average Bonchev–Trinajstić information content (AvgIpc) is 2.15. The van der Waals surface area contributed by atoms with E-state index in [9.17, 15) is 19.8 Å². The van der Waals surface area contributed by atoms with Crippen molar-refractivity contribution in [1.82, 2.24) is 0 Å². The third-order valence-electron chi connectivity index (χ3n) is 2.35. The fourth-order valence-corrected chi connectivity index (χ4v) is 1.34. The number of hydrogen-bond donors (Lipinski definition) is 1. The first kappa shape index (κ1) is 12.2. The Hall–Kier alpha value is -1.84. The first-order valence-electron chi connectivity index (χ1n) is 4.81. The number of phenols is 1. The van der Waals surface area contributed by atoms with Crippen molar-refractivity contribution >= 4 is 12.3 Å². The van der Waals surface area contributed by atoms with Crippen LogP contribution in [-0.2, 0) is 10.5 Å². The number of carbonyl (C=O) groups is 2. The molecule has 0 aromatic heterocycles. The van der Waals surface area contributed by atoms with E-state index in [2.05, 4.69) is 0 Å². The molecule has 85 valence electrons. The van der Waals surface area contributed by atoms with Crippen molar-refractivity contribution in [1.29, 1.82) is 0 Å². The van der Waals surface area contributed by atoms with Gasteiger partial charge in [-0.1, -0.05) is 20.8 Å². The van der Waals surface area contributed by atoms with Crippen LogP contribution in [-0.4, -0.2) is 17.4 Å². The van der Waals surface area contributed by atoms with Gasteiger partial charge in [-0.2, -0.15) is 0 Å². The van der Waals surface area contributed by atoms with Crippen molar-refractivity contribution in [2.24, 2.45) is 0 Å². The average molecular weight is 221 g/mol. The molecule has 0 unspecified atom stereocenters. The van der Waals surface area contributed by atoms with Crippen molar-refractivity contribution < 1.29 is 19.8 Å². The predicted octanol–water partition coefficient (Wildman–Crippen LogP) is 2.07. The van der Waals surface area contributed by atoms with Crippen molar-refractivity contribution in [3.8, 4) is 5.75 Å². The van der Waals surface area contributed by atoms with Crippen LogP contribution in [0.2, 0.25) is 0 Å². The first-order valence-corrected chi connectivity index (χ1v) is 4.81. The van der Waals surface area contributed by atoms with Gasteiger partial charge >= 0.3 is 5.97 Å². The largest absolute Gasteiger partial charge is 0.506 e. The van der Waals surface area contributed by atoms with Gasteiger partial charge in [-0.05, 0) is 23.1 Å². The van der Waals surface area contributed by atoms with E-state index in [1.165, 1.54) is 12.1 Å². The summed E-state index contributed by atoms with van der Waals surface area (Å²) in [6, 6.07) is 2.81. The highest BCUT2D eigenvalue weighted by Crippen LogP contribution is 2.30. The van der Waals surface area contributed by atoms with E-state index in [4.69, 9.17) is 0 Å². The highest BCUT2D eigenvalue weighted by molar-refractivity contribution is 5.95. The van der Waals surface area contributed by atoms with E-state index in [1.807, 2.05) is 20.8 Å². The fourth-order valence-electron chi connectivity index (χ4n) is 1.34. The van der Waals surface area contributed by atoms with Gasteiger partial charge in [-0.25, -0.2) is 9.90 Å². The van der Waals surface area contributed by atoms with Crippen LogP contribution < -0.4 is 0 Å². The van der Waals surface area contributed by atoms with Gasteiger partial charge in [0.1, 0.15) is 11.3 Å². The molecule has 0 saturated carbocycles. The third kappa shape index (κ3) is 2.21. The lowest BCUT2D eigenvalue weighted by Crippen LogP contribution is -2.13.